The Morgan fingerprint density at radius 2 is 1.28 bits per heavy atom. The van der Waals surface area contributed by atoms with Crippen LogP contribution >= 0.6 is 0 Å². The van der Waals surface area contributed by atoms with Gasteiger partial charge in [0.05, 0.1) is 35.9 Å². The first kappa shape index (κ1) is 27.8. The van der Waals surface area contributed by atoms with Crippen LogP contribution in [0, 0.1) is 6.92 Å². The van der Waals surface area contributed by atoms with Gasteiger partial charge in [0, 0.05) is 0 Å². The van der Waals surface area contributed by atoms with Gasteiger partial charge in [0.2, 0.25) is 9.84 Å². The monoisotopic (exact) mass is 530 g/mol. The van der Waals surface area contributed by atoms with Gasteiger partial charge in [-0.3, -0.25) is 4.18 Å². The Kier molecular flexibility index (Phi) is 9.58. The average molecular weight is 531 g/mol. The predicted molar refractivity (Wildman–Crippen MR) is 138 cm³/mol. The minimum Gasteiger partial charge on any atom is -0.368 e. The van der Waals surface area contributed by atoms with Gasteiger partial charge in [-0.2, -0.15) is 8.42 Å². The van der Waals surface area contributed by atoms with Crippen LogP contribution in [-0.2, 0) is 46.8 Å². The lowest BCUT2D eigenvalue weighted by atomic mass is 10.2. The molecule has 36 heavy (non-hydrogen) atoms. The van der Waals surface area contributed by atoms with Crippen molar-refractivity contribution >= 4 is 20.0 Å². The van der Waals surface area contributed by atoms with Crippen LogP contribution < -0.4 is 0 Å². The molecule has 3 aromatic rings. The van der Waals surface area contributed by atoms with Gasteiger partial charge in [0.15, 0.2) is 0 Å². The van der Waals surface area contributed by atoms with Crippen molar-refractivity contribution in [3.8, 4) is 0 Å². The van der Waals surface area contributed by atoms with Crippen LogP contribution in [0.15, 0.2) is 101 Å². The summed E-state index contributed by atoms with van der Waals surface area (Å²) >= 11 is 0. The third-order valence-corrected chi connectivity index (χ3v) is 7.74. The summed E-state index contributed by atoms with van der Waals surface area (Å²) in [4.78, 5) is -0.199. The molecule has 0 spiro atoms. The first-order chi connectivity index (χ1) is 17.1. The molecule has 0 fully saturated rings. The molecular formula is C27H30O7S2. The van der Waals surface area contributed by atoms with Crippen LogP contribution in [0.1, 0.15) is 16.7 Å². The molecule has 9 heteroatoms. The smallest absolute Gasteiger partial charge is 0.264 e. The molecule has 0 radical (unpaired) electrons. The Morgan fingerprint density at radius 1 is 0.778 bits per heavy atom. The summed E-state index contributed by atoms with van der Waals surface area (Å²) in [6.07, 6.45) is -1.39. The summed E-state index contributed by atoms with van der Waals surface area (Å²) in [6, 6.07) is 24.8. The number of aryl methyl sites for hydroxylation is 1. The molecular weight excluding hydrogens is 500 g/mol. The van der Waals surface area contributed by atoms with E-state index in [-0.39, 0.29) is 23.0 Å². The number of rotatable bonds is 13. The van der Waals surface area contributed by atoms with Crippen LogP contribution in [0.3, 0.4) is 0 Å². The largest absolute Gasteiger partial charge is 0.368 e. The quantitative estimate of drug-likeness (QED) is 0.302. The molecule has 0 saturated heterocycles. The van der Waals surface area contributed by atoms with E-state index in [9.17, 15) is 16.8 Å². The Hall–Kier alpha value is -2.82. The maximum absolute atomic E-state index is 13.5. The second-order valence-corrected chi connectivity index (χ2v) is 12.0. The number of ether oxygens (including phenoxy) is 2. The third kappa shape index (κ3) is 8.11. The van der Waals surface area contributed by atoms with Crippen molar-refractivity contribution in [3.63, 3.8) is 0 Å². The van der Waals surface area contributed by atoms with Gasteiger partial charge in [-0.25, -0.2) is 8.42 Å². The van der Waals surface area contributed by atoms with Crippen LogP contribution in [0.25, 0.3) is 0 Å². The van der Waals surface area contributed by atoms with Crippen molar-refractivity contribution in [2.45, 2.75) is 37.2 Å². The summed E-state index contributed by atoms with van der Waals surface area (Å²) in [7, 11) is -7.88. The Labute approximate surface area is 213 Å². The van der Waals surface area contributed by atoms with E-state index < -0.39 is 38.8 Å². The summed E-state index contributed by atoms with van der Waals surface area (Å²) in [6.45, 7) is 5.40. The molecule has 0 aliphatic carbocycles. The van der Waals surface area contributed by atoms with Gasteiger partial charge in [-0.1, -0.05) is 84.9 Å². The van der Waals surface area contributed by atoms with Crippen molar-refractivity contribution in [2.75, 3.05) is 12.9 Å². The van der Waals surface area contributed by atoms with Gasteiger partial charge in [0.1, 0.15) is 12.2 Å². The zero-order valence-corrected chi connectivity index (χ0v) is 21.9. The standard InChI is InChI=1S/C27H30O7S2/c1-21-14-16-25(17-15-21)36(30,31)22(2)27(33-19-24-12-8-5-9-13-24)26(20-34-35(3,28)29)32-18-23-10-6-4-7-11-23/h4-17,26-27H,2,18-20H2,1,3H3/t26-,27+/m1/s1. The second kappa shape index (κ2) is 12.4. The molecule has 0 aromatic heterocycles. The van der Waals surface area contributed by atoms with Crippen molar-refractivity contribution in [1.82, 2.24) is 0 Å². The van der Waals surface area contributed by atoms with E-state index >= 15 is 0 Å². The fraction of sp³-hybridized carbons (Fsp3) is 0.259. The van der Waals surface area contributed by atoms with E-state index in [0.717, 1.165) is 22.9 Å². The molecule has 0 heterocycles. The van der Waals surface area contributed by atoms with Crippen LogP contribution in [0.5, 0.6) is 0 Å². The minimum atomic E-state index is -4.05. The molecule has 0 bridgehead atoms. The fourth-order valence-corrected chi connectivity index (χ4v) is 5.08. The first-order valence-corrected chi connectivity index (χ1v) is 14.5. The lowest BCUT2D eigenvalue weighted by molar-refractivity contribution is -0.0814. The maximum atomic E-state index is 13.5. The highest BCUT2D eigenvalue weighted by Crippen LogP contribution is 2.27. The maximum Gasteiger partial charge on any atom is 0.264 e. The normalized spacial score (nSPS) is 13.7. The number of hydrogen-bond donors (Lipinski definition) is 0. The molecule has 3 aromatic carbocycles. The number of benzene rings is 3. The molecule has 3 rings (SSSR count). The van der Waals surface area contributed by atoms with Crippen LogP contribution in [-0.4, -0.2) is 41.9 Å². The van der Waals surface area contributed by atoms with E-state index in [1.54, 1.807) is 12.1 Å². The van der Waals surface area contributed by atoms with Crippen molar-refractivity contribution < 1.29 is 30.5 Å². The van der Waals surface area contributed by atoms with E-state index in [2.05, 4.69) is 6.58 Å². The molecule has 0 amide bonds. The number of hydrogen-bond acceptors (Lipinski definition) is 7. The summed E-state index contributed by atoms with van der Waals surface area (Å²) in [5.74, 6) is 0. The Morgan fingerprint density at radius 3 is 1.78 bits per heavy atom. The first-order valence-electron chi connectivity index (χ1n) is 11.2. The summed E-state index contributed by atoms with van der Waals surface area (Å²) < 4.78 is 67.6. The lowest BCUT2D eigenvalue weighted by Gasteiger charge is -2.28. The van der Waals surface area contributed by atoms with Crippen molar-refractivity contribution in [1.29, 1.82) is 0 Å². The molecule has 0 N–H and O–H groups in total. The SMILES string of the molecule is C=C([C@H](OCc1ccccc1)[C@@H](COS(C)(=O)=O)OCc1ccccc1)S(=O)(=O)c1ccc(C)cc1. The van der Waals surface area contributed by atoms with E-state index in [1.165, 1.54) is 12.1 Å². The Bertz CT molecular complexity index is 1340. The average Bonchev–Trinajstić information content (AvgIpc) is 2.86. The van der Waals surface area contributed by atoms with Crippen LogP contribution in [0.4, 0.5) is 0 Å². The van der Waals surface area contributed by atoms with Crippen LogP contribution in [0.2, 0.25) is 0 Å². The van der Waals surface area contributed by atoms with E-state index in [4.69, 9.17) is 13.7 Å². The molecule has 0 saturated carbocycles. The number of sulfone groups is 1. The summed E-state index contributed by atoms with van der Waals surface area (Å²) in [5.41, 5.74) is 2.52. The predicted octanol–water partition coefficient (Wildman–Crippen LogP) is 4.43. The summed E-state index contributed by atoms with van der Waals surface area (Å²) in [5, 5.41) is 0. The lowest BCUT2D eigenvalue weighted by Crippen LogP contribution is -2.39. The third-order valence-electron chi connectivity index (χ3n) is 5.36. The van der Waals surface area contributed by atoms with Gasteiger partial charge in [-0.15, -0.1) is 0 Å². The molecule has 7 nitrogen and oxygen atoms in total. The van der Waals surface area contributed by atoms with Gasteiger partial charge in [-0.05, 0) is 30.2 Å². The zero-order chi connectivity index (χ0) is 26.2. The van der Waals surface area contributed by atoms with E-state index in [1.807, 2.05) is 67.6 Å². The minimum absolute atomic E-state index is 0.0530. The van der Waals surface area contributed by atoms with E-state index in [0.29, 0.717) is 0 Å². The molecule has 2 atom stereocenters. The van der Waals surface area contributed by atoms with Crippen molar-refractivity contribution in [2.24, 2.45) is 0 Å². The highest BCUT2D eigenvalue weighted by Gasteiger charge is 2.35. The highest BCUT2D eigenvalue weighted by atomic mass is 32.2. The molecule has 0 aliphatic rings. The second-order valence-electron chi connectivity index (χ2n) is 8.32. The van der Waals surface area contributed by atoms with Gasteiger partial charge >= 0.3 is 0 Å². The highest BCUT2D eigenvalue weighted by molar-refractivity contribution is 7.95. The zero-order valence-electron chi connectivity index (χ0n) is 20.2. The molecule has 0 aliphatic heterocycles. The molecule has 192 valence electrons. The Balaban J connectivity index is 1.95. The van der Waals surface area contributed by atoms with Gasteiger partial charge < -0.3 is 9.47 Å². The topological polar surface area (TPSA) is 96.0 Å². The molecule has 0 unspecified atom stereocenters. The van der Waals surface area contributed by atoms with Gasteiger partial charge in [0.25, 0.3) is 10.1 Å². The fourth-order valence-electron chi connectivity index (χ4n) is 3.38. The van der Waals surface area contributed by atoms with Crippen molar-refractivity contribution in [3.05, 3.63) is 113 Å².